The van der Waals surface area contributed by atoms with E-state index in [0.29, 0.717) is 5.11 Å². The molecule has 3 rings (SSSR count). The minimum atomic E-state index is 0.106. The second kappa shape index (κ2) is 7.32. The van der Waals surface area contributed by atoms with Gasteiger partial charge in [0.05, 0.1) is 13.2 Å². The molecule has 1 atom stereocenters. The molecule has 0 fully saturated rings. The summed E-state index contributed by atoms with van der Waals surface area (Å²) in [4.78, 5) is 0. The Morgan fingerprint density at radius 1 is 0.958 bits per heavy atom. The van der Waals surface area contributed by atoms with Gasteiger partial charge in [0.1, 0.15) is 5.75 Å². The summed E-state index contributed by atoms with van der Waals surface area (Å²) in [5, 5.41) is 9.64. The van der Waals surface area contributed by atoms with Crippen LogP contribution in [0.1, 0.15) is 18.5 Å². The van der Waals surface area contributed by atoms with Gasteiger partial charge in [-0.05, 0) is 59.7 Å². The maximum Gasteiger partial charge on any atom is 0.171 e. The molecule has 2 N–H and O–H groups in total. The molecule has 0 aliphatic heterocycles. The molecule has 24 heavy (non-hydrogen) atoms. The van der Waals surface area contributed by atoms with E-state index in [1.165, 1.54) is 16.3 Å². The fraction of sp³-hybridized carbons (Fsp3) is 0.150. The van der Waals surface area contributed by atoms with E-state index >= 15 is 0 Å². The normalized spacial score (nSPS) is 11.8. The van der Waals surface area contributed by atoms with E-state index in [1.807, 2.05) is 24.3 Å². The fourth-order valence-corrected chi connectivity index (χ4v) is 3.04. The van der Waals surface area contributed by atoms with Gasteiger partial charge in [-0.3, -0.25) is 0 Å². The Labute approximate surface area is 147 Å². The first kappa shape index (κ1) is 16.3. The minimum Gasteiger partial charge on any atom is -0.497 e. The molecule has 0 heterocycles. The number of methoxy groups -OCH3 is 1. The second-order valence-electron chi connectivity index (χ2n) is 5.62. The lowest BCUT2D eigenvalue weighted by Crippen LogP contribution is -2.30. The molecule has 0 radical (unpaired) electrons. The molecule has 3 aromatic rings. The van der Waals surface area contributed by atoms with E-state index in [1.54, 1.807) is 7.11 Å². The molecule has 0 amide bonds. The molecule has 0 aliphatic carbocycles. The molecule has 122 valence electrons. The molecule has 0 aromatic heterocycles. The first-order valence-electron chi connectivity index (χ1n) is 7.86. The zero-order valence-corrected chi connectivity index (χ0v) is 14.6. The lowest BCUT2D eigenvalue weighted by Gasteiger charge is -2.19. The first-order valence-corrected chi connectivity index (χ1v) is 8.27. The van der Waals surface area contributed by atoms with Crippen LogP contribution in [0.25, 0.3) is 10.8 Å². The lowest BCUT2D eigenvalue weighted by atomic mass is 10.00. The van der Waals surface area contributed by atoms with Gasteiger partial charge in [0.15, 0.2) is 5.11 Å². The molecule has 0 bridgehead atoms. The average molecular weight is 336 g/mol. The van der Waals surface area contributed by atoms with Gasteiger partial charge < -0.3 is 15.4 Å². The van der Waals surface area contributed by atoms with E-state index in [-0.39, 0.29) is 6.04 Å². The lowest BCUT2D eigenvalue weighted by molar-refractivity contribution is 0.415. The number of rotatable bonds is 4. The number of ether oxygens (including phenoxy) is 1. The van der Waals surface area contributed by atoms with Crippen molar-refractivity contribution in [1.82, 2.24) is 5.32 Å². The van der Waals surface area contributed by atoms with E-state index < -0.39 is 0 Å². The van der Waals surface area contributed by atoms with Crippen LogP contribution in [-0.4, -0.2) is 12.2 Å². The van der Waals surface area contributed by atoms with Gasteiger partial charge in [0.2, 0.25) is 0 Å². The number of fused-ring (bicyclic) bond motifs is 1. The summed E-state index contributed by atoms with van der Waals surface area (Å²) < 4.78 is 5.16. The van der Waals surface area contributed by atoms with E-state index in [2.05, 4.69) is 60.0 Å². The summed E-state index contributed by atoms with van der Waals surface area (Å²) in [6.07, 6.45) is 0. The zero-order valence-electron chi connectivity index (χ0n) is 13.7. The Morgan fingerprint density at radius 3 is 2.42 bits per heavy atom. The summed E-state index contributed by atoms with van der Waals surface area (Å²) in [6, 6.07) is 22.5. The smallest absolute Gasteiger partial charge is 0.171 e. The van der Waals surface area contributed by atoms with Crippen molar-refractivity contribution < 1.29 is 4.74 Å². The highest BCUT2D eigenvalue weighted by Crippen LogP contribution is 2.24. The van der Waals surface area contributed by atoms with Crippen molar-refractivity contribution >= 4 is 33.8 Å². The highest BCUT2D eigenvalue weighted by Gasteiger charge is 2.10. The average Bonchev–Trinajstić information content (AvgIpc) is 2.61. The van der Waals surface area contributed by atoms with Crippen LogP contribution in [0.15, 0.2) is 66.7 Å². The maximum absolute atomic E-state index is 5.44. The van der Waals surface area contributed by atoms with Crippen LogP contribution in [0.3, 0.4) is 0 Å². The third-order valence-corrected chi connectivity index (χ3v) is 4.21. The summed E-state index contributed by atoms with van der Waals surface area (Å²) in [7, 11) is 1.65. The van der Waals surface area contributed by atoms with Crippen molar-refractivity contribution in [2.24, 2.45) is 0 Å². The number of hydrogen-bond donors (Lipinski definition) is 2. The quantitative estimate of drug-likeness (QED) is 0.664. The third-order valence-electron chi connectivity index (χ3n) is 3.99. The number of thiocarbonyl (C=S) groups is 1. The molecule has 0 saturated carbocycles. The van der Waals surface area contributed by atoms with Crippen LogP contribution >= 0.6 is 12.2 Å². The van der Waals surface area contributed by atoms with Crippen molar-refractivity contribution in [3.63, 3.8) is 0 Å². The predicted molar refractivity (Wildman–Crippen MR) is 105 cm³/mol. The van der Waals surface area contributed by atoms with E-state index in [4.69, 9.17) is 17.0 Å². The Balaban J connectivity index is 1.71. The van der Waals surface area contributed by atoms with Crippen molar-refractivity contribution in [2.45, 2.75) is 13.0 Å². The topological polar surface area (TPSA) is 33.3 Å². The van der Waals surface area contributed by atoms with Crippen LogP contribution in [-0.2, 0) is 0 Å². The monoisotopic (exact) mass is 336 g/mol. The fourth-order valence-electron chi connectivity index (χ4n) is 2.74. The number of benzene rings is 3. The van der Waals surface area contributed by atoms with Gasteiger partial charge in [-0.1, -0.05) is 42.5 Å². The van der Waals surface area contributed by atoms with Gasteiger partial charge in [-0.2, -0.15) is 0 Å². The Morgan fingerprint density at radius 2 is 1.67 bits per heavy atom. The Bertz CT molecular complexity index is 840. The minimum absolute atomic E-state index is 0.106. The standard InChI is InChI=1S/C20H20N2OS/c1-14(18-9-5-7-15-6-3-4-8-19(15)18)21-20(24)22-16-10-12-17(23-2)13-11-16/h3-14H,1-2H3,(H2,21,22,24). The van der Waals surface area contributed by atoms with Crippen LogP contribution in [0.5, 0.6) is 5.75 Å². The summed E-state index contributed by atoms with van der Waals surface area (Å²) >= 11 is 5.44. The molecule has 0 spiro atoms. The molecule has 1 unspecified atom stereocenters. The summed E-state index contributed by atoms with van der Waals surface area (Å²) in [6.45, 7) is 2.11. The molecular formula is C20H20N2OS. The van der Waals surface area contributed by atoms with Gasteiger partial charge in [0, 0.05) is 5.69 Å². The molecular weight excluding hydrogens is 316 g/mol. The van der Waals surface area contributed by atoms with E-state index in [9.17, 15) is 0 Å². The predicted octanol–water partition coefficient (Wildman–Crippen LogP) is 4.90. The van der Waals surface area contributed by atoms with E-state index in [0.717, 1.165) is 11.4 Å². The van der Waals surface area contributed by atoms with Gasteiger partial charge in [-0.15, -0.1) is 0 Å². The van der Waals surface area contributed by atoms with Crippen LogP contribution in [0.2, 0.25) is 0 Å². The highest BCUT2D eigenvalue weighted by molar-refractivity contribution is 7.80. The summed E-state index contributed by atoms with van der Waals surface area (Å²) in [5.74, 6) is 0.823. The van der Waals surface area contributed by atoms with Crippen LogP contribution in [0, 0.1) is 0 Å². The number of anilines is 1. The largest absolute Gasteiger partial charge is 0.497 e. The first-order chi connectivity index (χ1) is 11.7. The molecule has 4 heteroatoms. The summed E-state index contributed by atoms with van der Waals surface area (Å²) in [5.41, 5.74) is 2.16. The van der Waals surface area contributed by atoms with Crippen molar-refractivity contribution in [2.75, 3.05) is 12.4 Å². The second-order valence-corrected chi connectivity index (χ2v) is 6.03. The van der Waals surface area contributed by atoms with Gasteiger partial charge in [0.25, 0.3) is 0 Å². The van der Waals surface area contributed by atoms with Gasteiger partial charge in [-0.25, -0.2) is 0 Å². The SMILES string of the molecule is COc1ccc(NC(=S)NC(C)c2cccc3ccccc23)cc1. The highest BCUT2D eigenvalue weighted by atomic mass is 32.1. The van der Waals surface area contributed by atoms with Crippen LogP contribution in [0.4, 0.5) is 5.69 Å². The van der Waals surface area contributed by atoms with Crippen molar-refractivity contribution in [3.8, 4) is 5.75 Å². The van der Waals surface area contributed by atoms with Crippen molar-refractivity contribution in [1.29, 1.82) is 0 Å². The number of hydrogen-bond acceptors (Lipinski definition) is 2. The Hall–Kier alpha value is -2.59. The number of nitrogens with one attached hydrogen (secondary N) is 2. The zero-order chi connectivity index (χ0) is 16.9. The molecule has 0 aliphatic rings. The van der Waals surface area contributed by atoms with Crippen molar-refractivity contribution in [3.05, 3.63) is 72.3 Å². The third kappa shape index (κ3) is 3.66. The Kier molecular flexibility index (Phi) is 4.96. The van der Waals surface area contributed by atoms with Crippen LogP contribution < -0.4 is 15.4 Å². The molecule has 3 nitrogen and oxygen atoms in total. The molecule has 3 aromatic carbocycles. The van der Waals surface area contributed by atoms with Gasteiger partial charge >= 0.3 is 0 Å². The maximum atomic E-state index is 5.44. The molecule has 0 saturated heterocycles.